The number of urea groups is 1. The number of nitrogens with zero attached hydrogens (tertiary/aromatic N) is 1. The molecule has 0 spiro atoms. The summed E-state index contributed by atoms with van der Waals surface area (Å²) in [6.45, 7) is 12.2. The zero-order valence-corrected chi connectivity index (χ0v) is 14.1. The van der Waals surface area contributed by atoms with Crippen molar-refractivity contribution >= 4 is 6.03 Å². The SMILES string of the molecule is CCC(C)C(C)(O)CNC(=O)NCCN1CCCC(C)C1. The van der Waals surface area contributed by atoms with Gasteiger partial charge in [0.15, 0.2) is 0 Å². The van der Waals surface area contributed by atoms with Gasteiger partial charge in [-0.15, -0.1) is 0 Å². The second-order valence-electron chi connectivity index (χ2n) is 6.82. The standard InChI is InChI=1S/C16H33N3O2/c1-5-14(3)16(4,21)12-18-15(20)17-8-10-19-9-6-7-13(2)11-19/h13-14,21H,5-12H2,1-4H3,(H2,17,18,20). The van der Waals surface area contributed by atoms with Crippen molar-refractivity contribution in [1.82, 2.24) is 15.5 Å². The number of rotatable bonds is 7. The number of carbonyl (C=O) groups is 1. The summed E-state index contributed by atoms with van der Waals surface area (Å²) >= 11 is 0. The molecule has 0 saturated carbocycles. The number of carbonyl (C=O) groups excluding carboxylic acids is 1. The minimum Gasteiger partial charge on any atom is -0.388 e. The molecule has 124 valence electrons. The summed E-state index contributed by atoms with van der Waals surface area (Å²) in [5, 5.41) is 15.9. The highest BCUT2D eigenvalue weighted by molar-refractivity contribution is 5.73. The number of likely N-dealkylation sites (tertiary alicyclic amines) is 1. The topological polar surface area (TPSA) is 64.6 Å². The van der Waals surface area contributed by atoms with Crippen molar-refractivity contribution in [2.45, 2.75) is 52.6 Å². The third-order valence-electron chi connectivity index (χ3n) is 4.74. The Hall–Kier alpha value is -0.810. The molecule has 5 nitrogen and oxygen atoms in total. The minimum absolute atomic E-state index is 0.160. The maximum absolute atomic E-state index is 11.8. The second-order valence-corrected chi connectivity index (χ2v) is 6.82. The van der Waals surface area contributed by atoms with E-state index in [1.807, 2.05) is 13.8 Å². The first-order valence-corrected chi connectivity index (χ1v) is 8.31. The second kappa shape index (κ2) is 8.59. The zero-order chi connectivity index (χ0) is 15.9. The molecule has 1 aliphatic heterocycles. The Balaban J connectivity index is 2.16. The van der Waals surface area contributed by atoms with Gasteiger partial charge in [-0.3, -0.25) is 0 Å². The number of hydrogen-bond acceptors (Lipinski definition) is 3. The monoisotopic (exact) mass is 299 g/mol. The lowest BCUT2D eigenvalue weighted by atomic mass is 9.89. The maximum atomic E-state index is 11.8. The van der Waals surface area contributed by atoms with Crippen LogP contribution in [0.3, 0.4) is 0 Å². The molecule has 0 bridgehead atoms. The Morgan fingerprint density at radius 3 is 2.81 bits per heavy atom. The molecule has 0 aromatic rings. The predicted molar refractivity (Wildman–Crippen MR) is 86.3 cm³/mol. The molecule has 1 rings (SSSR count). The van der Waals surface area contributed by atoms with Crippen LogP contribution in [0.2, 0.25) is 0 Å². The van der Waals surface area contributed by atoms with Gasteiger partial charge in [0.2, 0.25) is 0 Å². The summed E-state index contributed by atoms with van der Waals surface area (Å²) in [6, 6.07) is -0.191. The summed E-state index contributed by atoms with van der Waals surface area (Å²) < 4.78 is 0. The maximum Gasteiger partial charge on any atom is 0.314 e. The predicted octanol–water partition coefficient (Wildman–Crippen LogP) is 1.81. The smallest absolute Gasteiger partial charge is 0.314 e. The molecular formula is C16H33N3O2. The normalized spacial score (nSPS) is 24.1. The first-order valence-electron chi connectivity index (χ1n) is 8.31. The Bertz CT molecular complexity index is 321. The van der Waals surface area contributed by atoms with Crippen molar-refractivity contribution in [3.05, 3.63) is 0 Å². The number of aliphatic hydroxyl groups is 1. The molecule has 21 heavy (non-hydrogen) atoms. The van der Waals surface area contributed by atoms with Crippen molar-refractivity contribution in [2.24, 2.45) is 11.8 Å². The van der Waals surface area contributed by atoms with Gasteiger partial charge in [0, 0.05) is 26.2 Å². The third kappa shape index (κ3) is 6.66. The molecule has 3 atom stereocenters. The van der Waals surface area contributed by atoms with Crippen LogP contribution < -0.4 is 10.6 Å². The van der Waals surface area contributed by atoms with Crippen molar-refractivity contribution < 1.29 is 9.90 Å². The van der Waals surface area contributed by atoms with Gasteiger partial charge >= 0.3 is 6.03 Å². The quantitative estimate of drug-likeness (QED) is 0.672. The lowest BCUT2D eigenvalue weighted by Crippen LogP contribution is -2.49. The molecule has 0 aromatic heterocycles. The van der Waals surface area contributed by atoms with Crippen LogP contribution in [0, 0.1) is 11.8 Å². The molecule has 0 radical (unpaired) electrons. The van der Waals surface area contributed by atoms with Crippen molar-refractivity contribution in [3.63, 3.8) is 0 Å². The number of nitrogens with one attached hydrogen (secondary N) is 2. The van der Waals surface area contributed by atoms with Crippen LogP contribution in [-0.2, 0) is 0 Å². The highest BCUT2D eigenvalue weighted by atomic mass is 16.3. The summed E-state index contributed by atoms with van der Waals surface area (Å²) in [7, 11) is 0. The average Bonchev–Trinajstić information content (AvgIpc) is 2.44. The molecule has 0 aromatic carbocycles. The molecule has 1 heterocycles. The van der Waals surface area contributed by atoms with Crippen LogP contribution in [-0.4, -0.2) is 54.4 Å². The molecule has 3 N–H and O–H groups in total. The van der Waals surface area contributed by atoms with Crippen LogP contribution in [0.1, 0.15) is 47.0 Å². The minimum atomic E-state index is -0.853. The van der Waals surface area contributed by atoms with Gasteiger partial charge in [-0.1, -0.05) is 27.2 Å². The Morgan fingerprint density at radius 2 is 2.19 bits per heavy atom. The largest absolute Gasteiger partial charge is 0.388 e. The Labute approximate surface area is 129 Å². The fourth-order valence-electron chi connectivity index (χ4n) is 2.75. The van der Waals surface area contributed by atoms with Crippen LogP contribution >= 0.6 is 0 Å². The first kappa shape index (κ1) is 18.2. The number of piperidine rings is 1. The molecule has 1 fully saturated rings. The fraction of sp³-hybridized carbons (Fsp3) is 0.938. The first-order chi connectivity index (χ1) is 9.85. The van der Waals surface area contributed by atoms with E-state index in [0.717, 1.165) is 32.0 Å². The van der Waals surface area contributed by atoms with Crippen molar-refractivity contribution in [2.75, 3.05) is 32.7 Å². The van der Waals surface area contributed by atoms with Crippen molar-refractivity contribution in [3.8, 4) is 0 Å². The van der Waals surface area contributed by atoms with Crippen LogP contribution in [0.5, 0.6) is 0 Å². The van der Waals surface area contributed by atoms with Gasteiger partial charge in [0.25, 0.3) is 0 Å². The summed E-state index contributed by atoms with van der Waals surface area (Å²) in [5.41, 5.74) is -0.853. The van der Waals surface area contributed by atoms with Gasteiger partial charge in [-0.25, -0.2) is 4.79 Å². The van der Waals surface area contributed by atoms with Crippen molar-refractivity contribution in [1.29, 1.82) is 0 Å². The number of amides is 2. The Morgan fingerprint density at radius 1 is 1.48 bits per heavy atom. The van der Waals surface area contributed by atoms with E-state index in [2.05, 4.69) is 22.5 Å². The van der Waals surface area contributed by atoms with Gasteiger partial charge in [0.05, 0.1) is 5.60 Å². The number of hydrogen-bond donors (Lipinski definition) is 3. The average molecular weight is 299 g/mol. The molecule has 0 aliphatic carbocycles. The van der Waals surface area contributed by atoms with E-state index < -0.39 is 5.60 Å². The Kier molecular flexibility index (Phi) is 7.46. The zero-order valence-electron chi connectivity index (χ0n) is 14.1. The highest BCUT2D eigenvalue weighted by Crippen LogP contribution is 2.18. The van der Waals surface area contributed by atoms with E-state index in [-0.39, 0.29) is 18.5 Å². The molecule has 1 saturated heterocycles. The van der Waals surface area contributed by atoms with E-state index in [0.29, 0.717) is 6.54 Å². The van der Waals surface area contributed by atoms with Crippen LogP contribution in [0.15, 0.2) is 0 Å². The van der Waals surface area contributed by atoms with E-state index in [1.54, 1.807) is 6.92 Å². The van der Waals surface area contributed by atoms with E-state index in [4.69, 9.17) is 0 Å². The highest BCUT2D eigenvalue weighted by Gasteiger charge is 2.27. The summed E-state index contributed by atoms with van der Waals surface area (Å²) in [5.74, 6) is 0.922. The van der Waals surface area contributed by atoms with Crippen LogP contribution in [0.25, 0.3) is 0 Å². The summed E-state index contributed by atoms with van der Waals surface area (Å²) in [6.07, 6.45) is 3.46. The van der Waals surface area contributed by atoms with Gasteiger partial charge < -0.3 is 20.6 Å². The third-order valence-corrected chi connectivity index (χ3v) is 4.74. The van der Waals surface area contributed by atoms with E-state index in [1.165, 1.54) is 12.8 Å². The molecule has 2 amide bonds. The van der Waals surface area contributed by atoms with E-state index in [9.17, 15) is 9.90 Å². The van der Waals surface area contributed by atoms with Gasteiger partial charge in [0.1, 0.15) is 0 Å². The molecule has 1 aliphatic rings. The summed E-state index contributed by atoms with van der Waals surface area (Å²) in [4.78, 5) is 14.2. The lowest BCUT2D eigenvalue weighted by molar-refractivity contribution is 0.00789. The fourth-order valence-corrected chi connectivity index (χ4v) is 2.75. The lowest BCUT2D eigenvalue weighted by Gasteiger charge is -2.31. The van der Waals surface area contributed by atoms with Crippen LogP contribution in [0.4, 0.5) is 4.79 Å². The molecule has 5 heteroatoms. The van der Waals surface area contributed by atoms with Gasteiger partial charge in [-0.05, 0) is 38.1 Å². The molecular weight excluding hydrogens is 266 g/mol. The van der Waals surface area contributed by atoms with Gasteiger partial charge in [-0.2, -0.15) is 0 Å². The van der Waals surface area contributed by atoms with E-state index >= 15 is 0 Å². The molecule has 3 unspecified atom stereocenters.